The van der Waals surface area contributed by atoms with E-state index in [2.05, 4.69) is 227 Å². The molecule has 0 aliphatic heterocycles. The van der Waals surface area contributed by atoms with Crippen LogP contribution in [0.15, 0.2) is 207 Å². The third kappa shape index (κ3) is 92.7. The molecule has 0 saturated heterocycles. The first-order chi connectivity index (χ1) is 58.2. The number of allylic oxidation sites excluding steroid dienone is 34. The van der Waals surface area contributed by atoms with Gasteiger partial charge in [-0.15, -0.1) is 0 Å². The lowest BCUT2D eigenvalue weighted by molar-refractivity contribution is -0.161. The predicted octanol–water partition coefficient (Wildman–Crippen LogP) is 28.8. The number of carbonyl (C=O) groups excluding carboxylic acids is 3. The van der Waals surface area contributed by atoms with Crippen molar-refractivity contribution in [2.45, 2.75) is 373 Å². The summed E-state index contributed by atoms with van der Waals surface area (Å²) in [5.41, 5.74) is 0. The zero-order chi connectivity index (χ0) is 86.5. The van der Waals surface area contributed by atoms with Gasteiger partial charge in [0.05, 0.1) is 26.4 Å². The van der Waals surface area contributed by atoms with Crippen molar-refractivity contribution >= 4 is 33.6 Å². The van der Waals surface area contributed by atoms with Crippen molar-refractivity contribution in [3.05, 3.63) is 207 Å². The molecule has 0 bridgehead atoms. The molecular weight excluding hydrogens is 1530 g/mol. The maximum Gasteiger partial charge on any atom is 0.472 e. The molecule has 0 spiro atoms. The lowest BCUT2D eigenvalue weighted by Gasteiger charge is -2.21. The molecule has 0 heterocycles. The second-order valence-electron chi connectivity index (χ2n) is 30.3. The second kappa shape index (κ2) is 91.3. The molecule has 0 saturated carbocycles. The SMILES string of the molecule is CC/C=C\C/C=C\C/C=C\C/C=C\C/C=C\C/C=C\CCCCCCCCCCC(=O)OCC(COP(=O)(O)OCC(O)COP(=O)(O)OCC(O)COC(=O)CCCCCCCCCCCCCCCCCCCCC/C=C\C/C=C\C/C=C\C/C=C\C/C=C\CC)OC(=O)CCCC/C=C\C/C=C\C/C=C\C/C=C\C/C=C\C/C=C\CC. The van der Waals surface area contributed by atoms with E-state index < -0.39 is 91.5 Å². The van der Waals surface area contributed by atoms with Crippen molar-refractivity contribution in [3.8, 4) is 0 Å². The highest BCUT2D eigenvalue weighted by atomic mass is 31.2. The van der Waals surface area contributed by atoms with Crippen LogP contribution >= 0.6 is 15.6 Å². The van der Waals surface area contributed by atoms with E-state index in [1.807, 2.05) is 0 Å². The third-order valence-corrected chi connectivity index (χ3v) is 20.9. The summed E-state index contributed by atoms with van der Waals surface area (Å²) < 4.78 is 61.4. The Kier molecular flexibility index (Phi) is 86.8. The van der Waals surface area contributed by atoms with Gasteiger partial charge in [-0.1, -0.05) is 375 Å². The predicted molar refractivity (Wildman–Crippen MR) is 500 cm³/mol. The molecular formula is C101H166O16P2. The number of phosphoric acid groups is 2. The van der Waals surface area contributed by atoms with Gasteiger partial charge in [0.15, 0.2) is 6.10 Å². The van der Waals surface area contributed by atoms with Crippen molar-refractivity contribution in [1.82, 2.24) is 0 Å². The number of aliphatic hydroxyl groups is 2. The molecule has 16 nitrogen and oxygen atoms in total. The van der Waals surface area contributed by atoms with Gasteiger partial charge in [0.25, 0.3) is 0 Å². The van der Waals surface area contributed by atoms with Crippen molar-refractivity contribution in [2.24, 2.45) is 0 Å². The molecule has 4 N–H and O–H groups in total. The van der Waals surface area contributed by atoms with Crippen LogP contribution in [0.1, 0.15) is 355 Å². The van der Waals surface area contributed by atoms with Crippen LogP contribution in [0.2, 0.25) is 0 Å². The van der Waals surface area contributed by atoms with E-state index in [1.165, 1.54) is 109 Å². The molecule has 0 aromatic rings. The number of phosphoric ester groups is 2. The molecule has 0 fully saturated rings. The number of ether oxygens (including phenoxy) is 3. The third-order valence-electron chi connectivity index (χ3n) is 19.0. The van der Waals surface area contributed by atoms with Crippen molar-refractivity contribution in [2.75, 3.05) is 39.6 Å². The molecule has 0 aromatic heterocycles. The van der Waals surface area contributed by atoms with E-state index >= 15 is 0 Å². The van der Waals surface area contributed by atoms with Gasteiger partial charge in [-0.05, 0) is 167 Å². The second-order valence-corrected chi connectivity index (χ2v) is 33.2. The highest BCUT2D eigenvalue weighted by molar-refractivity contribution is 7.47. The van der Waals surface area contributed by atoms with E-state index in [0.29, 0.717) is 25.7 Å². The quantitative estimate of drug-likeness (QED) is 0.0146. The van der Waals surface area contributed by atoms with Gasteiger partial charge in [-0.2, -0.15) is 0 Å². The first kappa shape index (κ1) is 113. The molecule has 5 atom stereocenters. The zero-order valence-electron chi connectivity index (χ0n) is 74.5. The average molecular weight is 1700 g/mol. The molecule has 18 heteroatoms. The fraction of sp³-hybridized carbons (Fsp3) is 0.634. The largest absolute Gasteiger partial charge is 0.472 e. The van der Waals surface area contributed by atoms with Crippen LogP contribution in [-0.2, 0) is 55.8 Å². The summed E-state index contributed by atoms with van der Waals surface area (Å²) in [7, 11) is -9.84. The monoisotopic (exact) mass is 1700 g/mol. The molecule has 0 aliphatic rings. The van der Waals surface area contributed by atoms with Crippen molar-refractivity contribution < 1.29 is 75.8 Å². The van der Waals surface area contributed by atoms with Gasteiger partial charge in [-0.3, -0.25) is 32.5 Å². The molecule has 676 valence electrons. The van der Waals surface area contributed by atoms with E-state index in [1.54, 1.807) is 0 Å². The summed E-state index contributed by atoms with van der Waals surface area (Å²) in [5, 5.41) is 20.7. The molecule has 0 aromatic carbocycles. The first-order valence-electron chi connectivity index (χ1n) is 46.4. The molecule has 119 heavy (non-hydrogen) atoms. The minimum Gasteiger partial charge on any atom is -0.463 e. The van der Waals surface area contributed by atoms with Gasteiger partial charge in [0, 0.05) is 19.3 Å². The van der Waals surface area contributed by atoms with Gasteiger partial charge >= 0.3 is 33.6 Å². The Morgan fingerprint density at radius 2 is 0.420 bits per heavy atom. The Hall–Kier alpha value is -5.87. The van der Waals surface area contributed by atoms with Crippen LogP contribution in [-0.4, -0.2) is 95.9 Å². The number of rotatable bonds is 86. The number of aliphatic hydroxyl groups excluding tert-OH is 2. The Balaban J connectivity index is 4.59. The first-order valence-corrected chi connectivity index (χ1v) is 49.4. The topological polar surface area (TPSA) is 231 Å². The fourth-order valence-corrected chi connectivity index (χ4v) is 13.7. The number of hydrogen-bond acceptors (Lipinski definition) is 14. The van der Waals surface area contributed by atoms with Crippen molar-refractivity contribution in [3.63, 3.8) is 0 Å². The smallest absolute Gasteiger partial charge is 0.463 e. The summed E-state index contributed by atoms with van der Waals surface area (Å²) >= 11 is 0. The highest BCUT2D eigenvalue weighted by Gasteiger charge is 2.29. The van der Waals surface area contributed by atoms with Gasteiger partial charge in [0.1, 0.15) is 25.4 Å². The van der Waals surface area contributed by atoms with Crippen LogP contribution in [0.3, 0.4) is 0 Å². The van der Waals surface area contributed by atoms with E-state index in [9.17, 15) is 43.5 Å². The Morgan fingerprint density at radius 3 is 0.681 bits per heavy atom. The molecule has 5 unspecified atom stereocenters. The summed E-state index contributed by atoms with van der Waals surface area (Å²) in [4.78, 5) is 59.0. The maximum atomic E-state index is 13.0. The van der Waals surface area contributed by atoms with Gasteiger partial charge < -0.3 is 34.2 Å². The average Bonchev–Trinajstić information content (AvgIpc) is 0.903. The van der Waals surface area contributed by atoms with Crippen LogP contribution in [0.25, 0.3) is 0 Å². The van der Waals surface area contributed by atoms with Crippen molar-refractivity contribution in [1.29, 1.82) is 0 Å². The van der Waals surface area contributed by atoms with Gasteiger partial charge in [0.2, 0.25) is 0 Å². The Morgan fingerprint density at radius 1 is 0.235 bits per heavy atom. The lowest BCUT2D eigenvalue weighted by atomic mass is 10.0. The van der Waals surface area contributed by atoms with E-state index in [0.717, 1.165) is 180 Å². The zero-order valence-corrected chi connectivity index (χ0v) is 76.2. The van der Waals surface area contributed by atoms with Crippen LogP contribution in [0.5, 0.6) is 0 Å². The fourth-order valence-electron chi connectivity index (χ4n) is 12.1. The normalized spacial score (nSPS) is 14.7. The summed E-state index contributed by atoms with van der Waals surface area (Å²) in [6, 6.07) is 0. The van der Waals surface area contributed by atoms with E-state index in [4.69, 9.17) is 32.3 Å². The molecule has 0 amide bonds. The number of carbonyl (C=O) groups is 3. The number of unbranched alkanes of at least 4 members (excludes halogenated alkanes) is 29. The minimum absolute atomic E-state index is 0.0401. The summed E-state index contributed by atoms with van der Waals surface area (Å²) in [5.74, 6) is -1.64. The van der Waals surface area contributed by atoms with E-state index in [-0.39, 0.29) is 19.3 Å². The minimum atomic E-state index is -4.96. The summed E-state index contributed by atoms with van der Waals surface area (Å²) in [6.45, 7) is 2.30. The number of hydrogen-bond donors (Lipinski definition) is 4. The lowest BCUT2D eigenvalue weighted by Crippen LogP contribution is -2.30. The molecule has 0 radical (unpaired) electrons. The van der Waals surface area contributed by atoms with Crippen LogP contribution < -0.4 is 0 Å². The maximum absolute atomic E-state index is 13.0. The number of esters is 3. The Bertz CT molecular complexity index is 2990. The molecule has 0 rings (SSSR count). The molecule has 0 aliphatic carbocycles. The Labute approximate surface area is 724 Å². The highest BCUT2D eigenvalue weighted by Crippen LogP contribution is 2.45. The van der Waals surface area contributed by atoms with Crippen LogP contribution in [0, 0.1) is 0 Å². The van der Waals surface area contributed by atoms with Gasteiger partial charge in [-0.25, -0.2) is 9.13 Å². The van der Waals surface area contributed by atoms with Crippen LogP contribution in [0.4, 0.5) is 0 Å². The summed E-state index contributed by atoms with van der Waals surface area (Å²) in [6.07, 6.45) is 123. The standard InChI is InChI=1S/C101H166O16P2/c1-4-7-10-13-16-19-22-25-28-31-34-37-39-41-43-44-45-46-47-48-49-50-52-54-55-58-60-63-66-69-72-75-78-81-84-87-99(104)111-90-96(102)91-113-118(107,108)114-92-97(103)93-115-119(109,110)116-95-98(117-101(106)89-86-83-80-77-74-71-68-65-62-57-36-33-30-27-24-21-18-15-12-9-6-3)94-112-100(105)88-85-82-79-76-73-70-67-64-61-59-56-53-51-42-40-38-35-32-29-26-23-20-17-14-11-8-5-2/h7-12,16-21,25-30,34-38,41-43,51,56-57,59,65,68,74,77,96-98,102-103H,4-6,13-15,22-24,31-33,39-40,44-50,52-55,58,60-64,66-67,69-73,75-76,78-95H2,1-3H3,(H,107,108)(H,109,110)/b10-7-,11-8-,12-9-,19-16-,20-17-,21-18-,28-25-,29-26-,30-27-,37-34-,38-35-,43-41-,51-42-,57-36-,59-56-,68-65-,77-74-.